The third-order valence-corrected chi connectivity index (χ3v) is 7.35. The van der Waals surface area contributed by atoms with E-state index in [-0.39, 0.29) is 11.3 Å². The number of fused-ring (bicyclic) bond motifs is 1. The van der Waals surface area contributed by atoms with Gasteiger partial charge < -0.3 is 9.80 Å². The number of rotatable bonds is 3. The van der Waals surface area contributed by atoms with Crippen LogP contribution in [-0.2, 0) is 5.41 Å². The highest BCUT2D eigenvalue weighted by Crippen LogP contribution is 2.31. The van der Waals surface area contributed by atoms with Crippen LogP contribution in [0.15, 0.2) is 60.0 Å². The van der Waals surface area contributed by atoms with Gasteiger partial charge in [-0.2, -0.15) is 0 Å². The summed E-state index contributed by atoms with van der Waals surface area (Å²) in [5, 5.41) is 3.66. The van der Waals surface area contributed by atoms with Gasteiger partial charge >= 0.3 is 0 Å². The monoisotopic (exact) mass is 490 g/mol. The Balaban J connectivity index is 1.37. The van der Waals surface area contributed by atoms with Crippen LogP contribution in [0.3, 0.4) is 0 Å². The van der Waals surface area contributed by atoms with Crippen LogP contribution in [0.5, 0.6) is 0 Å². The zero-order valence-corrected chi connectivity index (χ0v) is 21.2. The van der Waals surface area contributed by atoms with Gasteiger partial charge in [0.1, 0.15) is 5.82 Å². The van der Waals surface area contributed by atoms with Crippen LogP contribution < -0.4 is 4.90 Å². The van der Waals surface area contributed by atoms with Crippen LogP contribution >= 0.6 is 22.9 Å². The fourth-order valence-electron chi connectivity index (χ4n) is 4.26. The Morgan fingerprint density at radius 3 is 2.35 bits per heavy atom. The second-order valence-electron chi connectivity index (χ2n) is 9.62. The standard InChI is InChI=1S/C27H27ClN4OS/c1-27(2,3)19-8-6-18(7-9-19)26(33)32-14-12-31(13-15-32)25-21-11-10-20(28)17-22(21)29-24(30-25)23-5-4-16-34-23/h4-11,16-17H,12-15H2,1-3H3. The van der Waals surface area contributed by atoms with Gasteiger partial charge in [0.25, 0.3) is 5.91 Å². The fraction of sp³-hybridized carbons (Fsp3) is 0.296. The minimum absolute atomic E-state index is 0.0692. The van der Waals surface area contributed by atoms with Gasteiger partial charge in [-0.1, -0.05) is 50.6 Å². The van der Waals surface area contributed by atoms with Crippen LogP contribution in [0.2, 0.25) is 5.02 Å². The minimum Gasteiger partial charge on any atom is -0.352 e. The van der Waals surface area contributed by atoms with Crippen molar-refractivity contribution in [2.24, 2.45) is 0 Å². The van der Waals surface area contributed by atoms with E-state index in [4.69, 9.17) is 21.6 Å². The largest absolute Gasteiger partial charge is 0.352 e. The topological polar surface area (TPSA) is 49.3 Å². The maximum atomic E-state index is 13.1. The molecule has 0 spiro atoms. The summed E-state index contributed by atoms with van der Waals surface area (Å²) in [6.45, 7) is 9.25. The van der Waals surface area contributed by atoms with E-state index in [0.717, 1.165) is 27.2 Å². The second kappa shape index (κ2) is 9.01. The lowest BCUT2D eigenvalue weighted by Gasteiger charge is -2.36. The number of hydrogen-bond acceptors (Lipinski definition) is 5. The highest BCUT2D eigenvalue weighted by molar-refractivity contribution is 7.13. The summed E-state index contributed by atoms with van der Waals surface area (Å²) in [5.74, 6) is 1.68. The van der Waals surface area contributed by atoms with Crippen LogP contribution in [0.25, 0.3) is 21.6 Å². The molecule has 5 nitrogen and oxygen atoms in total. The first-order chi connectivity index (χ1) is 16.3. The Hall–Kier alpha value is -2.96. The number of anilines is 1. The molecular formula is C27H27ClN4OS. The maximum Gasteiger partial charge on any atom is 0.253 e. The van der Waals surface area contributed by atoms with Gasteiger partial charge in [-0.3, -0.25) is 4.79 Å². The number of carbonyl (C=O) groups is 1. The minimum atomic E-state index is 0.0692. The molecular weight excluding hydrogens is 464 g/mol. The molecule has 2 aromatic carbocycles. The Labute approximate surface area is 209 Å². The van der Waals surface area contributed by atoms with Crippen LogP contribution in [0.4, 0.5) is 5.82 Å². The molecule has 7 heteroatoms. The summed E-state index contributed by atoms with van der Waals surface area (Å²) in [7, 11) is 0. The molecule has 0 bridgehead atoms. The third kappa shape index (κ3) is 4.52. The molecule has 34 heavy (non-hydrogen) atoms. The van der Waals surface area contributed by atoms with Crippen molar-refractivity contribution in [3.8, 4) is 10.7 Å². The molecule has 174 valence electrons. The predicted molar refractivity (Wildman–Crippen MR) is 141 cm³/mol. The average Bonchev–Trinajstić information content (AvgIpc) is 3.37. The Morgan fingerprint density at radius 2 is 1.71 bits per heavy atom. The quantitative estimate of drug-likeness (QED) is 0.339. The van der Waals surface area contributed by atoms with Crippen LogP contribution in [-0.4, -0.2) is 47.0 Å². The zero-order valence-electron chi connectivity index (χ0n) is 19.6. The van der Waals surface area contributed by atoms with Crippen LogP contribution in [0.1, 0.15) is 36.7 Å². The van der Waals surface area contributed by atoms with Gasteiger partial charge in [-0.25, -0.2) is 9.97 Å². The maximum absolute atomic E-state index is 13.1. The highest BCUT2D eigenvalue weighted by Gasteiger charge is 2.25. The summed E-state index contributed by atoms with van der Waals surface area (Å²) in [4.78, 5) is 28.0. The smallest absolute Gasteiger partial charge is 0.253 e. The van der Waals surface area contributed by atoms with Gasteiger partial charge in [-0.15, -0.1) is 11.3 Å². The molecule has 0 radical (unpaired) electrons. The SMILES string of the molecule is CC(C)(C)c1ccc(C(=O)N2CCN(c3nc(-c4cccs4)nc4cc(Cl)ccc34)CC2)cc1. The van der Waals surface area contributed by atoms with Crippen molar-refractivity contribution in [3.63, 3.8) is 0 Å². The van der Waals surface area contributed by atoms with E-state index >= 15 is 0 Å². The molecule has 1 amide bonds. The number of halogens is 1. The molecule has 1 aliphatic heterocycles. The zero-order chi connectivity index (χ0) is 23.9. The van der Waals surface area contributed by atoms with Crippen molar-refractivity contribution in [2.45, 2.75) is 26.2 Å². The lowest BCUT2D eigenvalue weighted by molar-refractivity contribution is 0.0746. The third-order valence-electron chi connectivity index (χ3n) is 6.24. The summed E-state index contributed by atoms with van der Waals surface area (Å²) in [6, 6.07) is 17.8. The van der Waals surface area contributed by atoms with E-state index in [2.05, 4.69) is 37.8 Å². The van der Waals surface area contributed by atoms with E-state index in [1.807, 2.05) is 52.7 Å². The lowest BCUT2D eigenvalue weighted by atomic mass is 9.86. The molecule has 0 N–H and O–H groups in total. The molecule has 1 aliphatic rings. The summed E-state index contributed by atoms with van der Waals surface area (Å²) in [6.07, 6.45) is 0. The predicted octanol–water partition coefficient (Wildman–Crippen LogP) is 6.27. The van der Waals surface area contributed by atoms with E-state index in [1.165, 1.54) is 5.56 Å². The number of aromatic nitrogens is 2. The first kappa shape index (κ1) is 22.8. The van der Waals surface area contributed by atoms with Crippen molar-refractivity contribution < 1.29 is 4.79 Å². The first-order valence-electron chi connectivity index (χ1n) is 11.5. The number of thiophene rings is 1. The number of piperazine rings is 1. The van der Waals surface area contributed by atoms with Crippen molar-refractivity contribution >= 4 is 45.6 Å². The van der Waals surface area contributed by atoms with Crippen molar-refractivity contribution in [2.75, 3.05) is 31.1 Å². The average molecular weight is 491 g/mol. The summed E-state index contributed by atoms with van der Waals surface area (Å²) < 4.78 is 0. The van der Waals surface area contributed by atoms with Gasteiger partial charge in [-0.05, 0) is 52.8 Å². The number of nitrogens with zero attached hydrogens (tertiary/aromatic N) is 4. The molecule has 1 saturated heterocycles. The van der Waals surface area contributed by atoms with Gasteiger partial charge in [0, 0.05) is 42.2 Å². The summed E-state index contributed by atoms with van der Waals surface area (Å²) >= 11 is 7.88. The molecule has 0 aliphatic carbocycles. The van der Waals surface area contributed by atoms with E-state index in [1.54, 1.807) is 11.3 Å². The van der Waals surface area contributed by atoms with Crippen LogP contribution in [0, 0.1) is 0 Å². The molecule has 4 aromatic rings. The van der Waals surface area contributed by atoms with E-state index in [9.17, 15) is 4.79 Å². The number of carbonyl (C=O) groups excluding carboxylic acids is 1. The molecule has 3 heterocycles. The Kier molecular flexibility index (Phi) is 6.04. The Bertz CT molecular complexity index is 1320. The van der Waals surface area contributed by atoms with Crippen molar-refractivity contribution in [1.82, 2.24) is 14.9 Å². The molecule has 0 saturated carbocycles. The van der Waals surface area contributed by atoms with Crippen molar-refractivity contribution in [3.05, 3.63) is 76.1 Å². The molecule has 0 atom stereocenters. The van der Waals surface area contributed by atoms with E-state index in [0.29, 0.717) is 37.0 Å². The highest BCUT2D eigenvalue weighted by atomic mass is 35.5. The van der Waals surface area contributed by atoms with Gasteiger partial charge in [0.05, 0.1) is 10.4 Å². The number of amides is 1. The molecule has 2 aromatic heterocycles. The lowest BCUT2D eigenvalue weighted by Crippen LogP contribution is -2.49. The van der Waals surface area contributed by atoms with Crippen molar-refractivity contribution in [1.29, 1.82) is 0 Å². The first-order valence-corrected chi connectivity index (χ1v) is 12.7. The Morgan fingerprint density at radius 1 is 0.971 bits per heavy atom. The molecule has 1 fully saturated rings. The fourth-order valence-corrected chi connectivity index (χ4v) is 5.08. The molecule has 0 unspecified atom stereocenters. The van der Waals surface area contributed by atoms with E-state index < -0.39 is 0 Å². The number of benzene rings is 2. The number of hydrogen-bond donors (Lipinski definition) is 0. The molecule has 5 rings (SSSR count). The normalized spacial score (nSPS) is 14.6. The van der Waals surface area contributed by atoms with Gasteiger partial charge in [0.2, 0.25) is 0 Å². The summed E-state index contributed by atoms with van der Waals surface area (Å²) in [5.41, 5.74) is 2.87. The second-order valence-corrected chi connectivity index (χ2v) is 11.0. The van der Waals surface area contributed by atoms with Gasteiger partial charge in [0.15, 0.2) is 5.82 Å².